The van der Waals surface area contributed by atoms with Crippen LogP contribution in [0.25, 0.3) is 22.6 Å². The third kappa shape index (κ3) is 5.30. The van der Waals surface area contributed by atoms with Gasteiger partial charge in [-0.3, -0.25) is 10.1 Å². The molecule has 0 atom stereocenters. The molecule has 34 heavy (non-hydrogen) atoms. The Morgan fingerprint density at radius 1 is 0.824 bits per heavy atom. The van der Waals surface area contributed by atoms with Gasteiger partial charge in [-0.25, -0.2) is 9.59 Å². The molecule has 0 bridgehead atoms. The van der Waals surface area contributed by atoms with Crippen LogP contribution in [0.15, 0.2) is 82.0 Å². The molecule has 0 aliphatic carbocycles. The molecule has 2 aromatic heterocycles. The van der Waals surface area contributed by atoms with Crippen LogP contribution in [-0.4, -0.2) is 31.1 Å². The lowest BCUT2D eigenvalue weighted by Gasteiger charge is -2.05. The van der Waals surface area contributed by atoms with Crippen LogP contribution >= 0.6 is 0 Å². The molecule has 0 saturated heterocycles. The smallest absolute Gasteiger partial charge is 0.344 e. The van der Waals surface area contributed by atoms with E-state index in [2.05, 4.69) is 9.47 Å². The number of nitrogens with zero attached hydrogens (tertiary/aromatic N) is 1. The van der Waals surface area contributed by atoms with Gasteiger partial charge in [0.1, 0.15) is 17.1 Å². The largest absolute Gasteiger partial charge is 0.465 e. The number of carbonyl (C=O) groups is 2. The predicted octanol–water partition coefficient (Wildman–Crippen LogP) is 4.96. The van der Waals surface area contributed by atoms with Crippen molar-refractivity contribution in [3.05, 3.63) is 94.4 Å². The fourth-order valence-electron chi connectivity index (χ4n) is 3.02. The summed E-state index contributed by atoms with van der Waals surface area (Å²) in [6, 6.07) is 16.2. The first-order valence-corrected chi connectivity index (χ1v) is 9.78. The molecule has 4 rings (SSSR count). The van der Waals surface area contributed by atoms with Crippen molar-refractivity contribution in [3.8, 4) is 22.6 Å². The number of hydrogen-bond acceptors (Lipinski definition) is 9. The number of nitro groups is 1. The van der Waals surface area contributed by atoms with Gasteiger partial charge in [-0.1, -0.05) is 6.07 Å². The zero-order valence-electron chi connectivity index (χ0n) is 18.2. The lowest BCUT2D eigenvalue weighted by molar-refractivity contribution is -0.385. The van der Waals surface area contributed by atoms with Crippen molar-refractivity contribution < 1.29 is 32.8 Å². The van der Waals surface area contributed by atoms with E-state index in [1.54, 1.807) is 48.7 Å². The number of ether oxygens (including phenoxy) is 2. The van der Waals surface area contributed by atoms with Crippen molar-refractivity contribution in [2.24, 2.45) is 0 Å². The molecule has 0 spiro atoms. The van der Waals surface area contributed by atoms with Gasteiger partial charge in [0.15, 0.2) is 0 Å². The Labute approximate surface area is 193 Å². The molecule has 174 valence electrons. The summed E-state index contributed by atoms with van der Waals surface area (Å²) >= 11 is 0. The van der Waals surface area contributed by atoms with Crippen molar-refractivity contribution >= 4 is 23.3 Å². The number of esters is 2. The summed E-state index contributed by atoms with van der Waals surface area (Å²) < 4.78 is 19.5. The van der Waals surface area contributed by atoms with Crippen molar-refractivity contribution in [2.45, 2.75) is 0 Å². The SMILES string of the molecule is COC(=O)c1ccc(-c2ccco2)cc1N.COC(=O)c1ccc(-c2ccco2)cc1[N+](=O)[O-]. The van der Waals surface area contributed by atoms with Gasteiger partial charge in [-0.2, -0.15) is 0 Å². The average Bonchev–Trinajstić information content (AvgIpc) is 3.58. The van der Waals surface area contributed by atoms with Crippen molar-refractivity contribution in [1.29, 1.82) is 0 Å². The van der Waals surface area contributed by atoms with Gasteiger partial charge in [0.2, 0.25) is 0 Å². The van der Waals surface area contributed by atoms with Gasteiger partial charge in [0.25, 0.3) is 5.69 Å². The Hall–Kier alpha value is -4.86. The molecule has 2 N–H and O–H groups in total. The summed E-state index contributed by atoms with van der Waals surface area (Å²) in [6.45, 7) is 0. The van der Waals surface area contributed by atoms with E-state index in [0.717, 1.165) is 5.56 Å². The van der Waals surface area contributed by atoms with Crippen LogP contribution in [0.4, 0.5) is 11.4 Å². The number of hydrogen-bond donors (Lipinski definition) is 1. The van der Waals surface area contributed by atoms with Crippen LogP contribution in [0, 0.1) is 10.1 Å². The van der Waals surface area contributed by atoms with Crippen molar-refractivity contribution in [3.63, 3.8) is 0 Å². The highest BCUT2D eigenvalue weighted by molar-refractivity contribution is 5.96. The zero-order chi connectivity index (χ0) is 24.7. The third-order valence-corrected chi connectivity index (χ3v) is 4.67. The molecular formula is C24H20N2O8. The topological polar surface area (TPSA) is 148 Å². The Kier molecular flexibility index (Phi) is 7.45. The Balaban J connectivity index is 0.000000192. The Morgan fingerprint density at radius 2 is 1.32 bits per heavy atom. The number of furan rings is 2. The molecule has 0 saturated carbocycles. The third-order valence-electron chi connectivity index (χ3n) is 4.67. The molecule has 0 amide bonds. The summed E-state index contributed by atoms with van der Waals surface area (Å²) in [6.07, 6.45) is 3.05. The second-order valence-corrected chi connectivity index (χ2v) is 6.73. The van der Waals surface area contributed by atoms with Gasteiger partial charge < -0.3 is 24.0 Å². The summed E-state index contributed by atoms with van der Waals surface area (Å²) in [5.41, 5.74) is 7.46. The molecule has 0 aliphatic heterocycles. The normalized spacial score (nSPS) is 10.1. The summed E-state index contributed by atoms with van der Waals surface area (Å²) in [5, 5.41) is 10.9. The van der Waals surface area contributed by atoms with E-state index >= 15 is 0 Å². The van der Waals surface area contributed by atoms with Crippen LogP contribution in [-0.2, 0) is 9.47 Å². The minimum atomic E-state index is -0.743. The minimum absolute atomic E-state index is 0.0854. The fourth-order valence-corrected chi connectivity index (χ4v) is 3.02. The summed E-state index contributed by atoms with van der Waals surface area (Å²) in [7, 11) is 2.49. The number of nitro benzene ring substituents is 1. The minimum Gasteiger partial charge on any atom is -0.465 e. The van der Waals surface area contributed by atoms with Gasteiger partial charge in [0, 0.05) is 22.9 Å². The second kappa shape index (κ2) is 10.6. The molecule has 2 heterocycles. The number of nitrogen functional groups attached to an aromatic ring is 1. The number of nitrogens with two attached hydrogens (primary N) is 1. The molecule has 2 aromatic carbocycles. The molecule has 0 radical (unpaired) electrons. The molecular weight excluding hydrogens is 444 g/mol. The Bertz CT molecular complexity index is 1290. The van der Waals surface area contributed by atoms with E-state index in [0.29, 0.717) is 28.3 Å². The fraction of sp³-hybridized carbons (Fsp3) is 0.0833. The lowest BCUT2D eigenvalue weighted by Crippen LogP contribution is -2.05. The quantitative estimate of drug-likeness (QED) is 0.187. The summed E-state index contributed by atoms with van der Waals surface area (Å²) in [4.78, 5) is 33.0. The number of rotatable bonds is 5. The number of carbonyl (C=O) groups excluding carboxylic acids is 2. The lowest BCUT2D eigenvalue weighted by atomic mass is 10.1. The zero-order valence-corrected chi connectivity index (χ0v) is 18.2. The highest BCUT2D eigenvalue weighted by atomic mass is 16.6. The summed E-state index contributed by atoms with van der Waals surface area (Å²) in [5.74, 6) is 0.0221. The van der Waals surface area contributed by atoms with E-state index in [9.17, 15) is 19.7 Å². The second-order valence-electron chi connectivity index (χ2n) is 6.73. The Morgan fingerprint density at radius 3 is 1.76 bits per heavy atom. The van der Waals surface area contributed by atoms with Gasteiger partial charge >= 0.3 is 11.9 Å². The van der Waals surface area contributed by atoms with Crippen LogP contribution in [0.5, 0.6) is 0 Å². The molecule has 10 heteroatoms. The molecule has 0 fully saturated rings. The maximum absolute atomic E-state index is 11.4. The standard InChI is InChI=1S/C12H9NO5.C12H11NO3/c1-17-12(14)9-5-4-8(7-10(9)13(15)16)11-3-2-6-18-11;1-15-12(14)9-5-4-8(7-10(9)13)11-3-2-6-16-11/h2-7H,1H3;2-7H,13H2,1H3. The van der Waals surface area contributed by atoms with Crippen LogP contribution in [0.2, 0.25) is 0 Å². The van der Waals surface area contributed by atoms with Gasteiger partial charge in [0.05, 0.1) is 37.2 Å². The maximum Gasteiger partial charge on any atom is 0.344 e. The number of methoxy groups -OCH3 is 2. The first kappa shape index (κ1) is 23.8. The first-order chi connectivity index (χ1) is 16.3. The monoisotopic (exact) mass is 464 g/mol. The average molecular weight is 464 g/mol. The predicted molar refractivity (Wildman–Crippen MR) is 122 cm³/mol. The van der Waals surface area contributed by atoms with Crippen molar-refractivity contribution in [1.82, 2.24) is 0 Å². The van der Waals surface area contributed by atoms with Crippen molar-refractivity contribution in [2.75, 3.05) is 20.0 Å². The molecule has 0 aliphatic rings. The number of benzene rings is 2. The highest BCUT2D eigenvalue weighted by Crippen LogP contribution is 2.28. The van der Waals surface area contributed by atoms with Gasteiger partial charge in [-0.15, -0.1) is 0 Å². The van der Waals surface area contributed by atoms with Gasteiger partial charge in [-0.05, 0) is 48.5 Å². The van der Waals surface area contributed by atoms with E-state index in [1.807, 2.05) is 6.07 Å². The molecule has 0 unspecified atom stereocenters. The number of anilines is 1. The first-order valence-electron chi connectivity index (χ1n) is 9.78. The van der Waals surface area contributed by atoms with E-state index in [-0.39, 0.29) is 11.3 Å². The maximum atomic E-state index is 11.4. The highest BCUT2D eigenvalue weighted by Gasteiger charge is 2.22. The molecule has 4 aromatic rings. The van der Waals surface area contributed by atoms with E-state index in [1.165, 1.54) is 32.6 Å². The van der Waals surface area contributed by atoms with E-state index in [4.69, 9.17) is 14.6 Å². The van der Waals surface area contributed by atoms with Crippen LogP contribution in [0.1, 0.15) is 20.7 Å². The van der Waals surface area contributed by atoms with E-state index < -0.39 is 16.9 Å². The van der Waals surface area contributed by atoms with Crippen LogP contribution < -0.4 is 5.73 Å². The van der Waals surface area contributed by atoms with Crippen LogP contribution in [0.3, 0.4) is 0 Å². The molecule has 10 nitrogen and oxygen atoms in total.